The van der Waals surface area contributed by atoms with E-state index in [1.807, 2.05) is 0 Å². The summed E-state index contributed by atoms with van der Waals surface area (Å²) < 4.78 is 0. The highest BCUT2D eigenvalue weighted by Crippen LogP contribution is 2.04. The van der Waals surface area contributed by atoms with E-state index < -0.39 is 0 Å². The molecule has 0 aliphatic rings. The zero-order chi connectivity index (χ0) is 11.2. The Morgan fingerprint density at radius 1 is 1.14 bits per heavy atom. The van der Waals surface area contributed by atoms with Crippen LogP contribution in [0.4, 0.5) is 0 Å². The third kappa shape index (κ3) is 7.34. The van der Waals surface area contributed by atoms with Crippen molar-refractivity contribution in [2.45, 2.75) is 59.5 Å². The molecule has 0 aromatic rings. The fourth-order valence-electron chi connectivity index (χ4n) is 1.73. The molecular weight excluding hydrogens is 172 g/mol. The third-order valence-electron chi connectivity index (χ3n) is 2.45. The number of hydrogen-bond acceptors (Lipinski definition) is 2. The van der Waals surface area contributed by atoms with Gasteiger partial charge in [-0.15, -0.1) is 0 Å². The first-order chi connectivity index (χ1) is 6.39. The molecule has 0 heterocycles. The molecule has 1 unspecified atom stereocenters. The lowest BCUT2D eigenvalue weighted by Gasteiger charge is -2.28. The summed E-state index contributed by atoms with van der Waals surface area (Å²) in [6.07, 6.45) is 1.24. The average Bonchev–Trinajstić information content (AvgIpc) is 2.03. The zero-order valence-electron chi connectivity index (χ0n) is 10.9. The van der Waals surface area contributed by atoms with Crippen molar-refractivity contribution >= 4 is 0 Å². The van der Waals surface area contributed by atoms with Crippen LogP contribution in [-0.4, -0.2) is 36.1 Å². The van der Waals surface area contributed by atoms with Crippen molar-refractivity contribution in [2.75, 3.05) is 19.6 Å². The minimum Gasteiger partial charge on any atom is -0.310 e. The predicted molar refractivity (Wildman–Crippen MR) is 64.8 cm³/mol. The Morgan fingerprint density at radius 3 is 2.00 bits per heavy atom. The van der Waals surface area contributed by atoms with Gasteiger partial charge in [-0.05, 0) is 53.8 Å². The van der Waals surface area contributed by atoms with Crippen molar-refractivity contribution < 1.29 is 0 Å². The molecule has 0 aliphatic carbocycles. The van der Waals surface area contributed by atoms with E-state index in [2.05, 4.69) is 51.8 Å². The van der Waals surface area contributed by atoms with E-state index in [9.17, 15) is 0 Å². The molecule has 0 aromatic carbocycles. The maximum Gasteiger partial charge on any atom is 0.00989 e. The van der Waals surface area contributed by atoms with E-state index in [1.165, 1.54) is 26.1 Å². The van der Waals surface area contributed by atoms with Gasteiger partial charge in [0, 0.05) is 11.6 Å². The number of nitrogens with zero attached hydrogens (tertiary/aromatic N) is 1. The summed E-state index contributed by atoms with van der Waals surface area (Å²) in [7, 11) is 0. The van der Waals surface area contributed by atoms with Gasteiger partial charge >= 0.3 is 0 Å². The Hall–Kier alpha value is -0.0800. The Balaban J connectivity index is 3.67. The van der Waals surface area contributed by atoms with Crippen LogP contribution >= 0.6 is 0 Å². The number of nitrogens with one attached hydrogen (secondary N) is 1. The number of hydrogen-bond donors (Lipinski definition) is 1. The minimum atomic E-state index is 0.239. The molecule has 2 nitrogen and oxygen atoms in total. The standard InChI is InChI=1S/C12H28N2/c1-7-14(8-2)10-9-11(3)13-12(4,5)6/h11,13H,7-10H2,1-6H3. The van der Waals surface area contributed by atoms with Gasteiger partial charge in [0.05, 0.1) is 0 Å². The molecule has 14 heavy (non-hydrogen) atoms. The first kappa shape index (κ1) is 13.9. The lowest BCUT2D eigenvalue weighted by Crippen LogP contribution is -2.43. The smallest absolute Gasteiger partial charge is 0.00989 e. The second kappa shape index (κ2) is 6.41. The summed E-state index contributed by atoms with van der Waals surface area (Å²) in [4.78, 5) is 2.47. The van der Waals surface area contributed by atoms with Crippen LogP contribution in [-0.2, 0) is 0 Å². The number of rotatable bonds is 6. The van der Waals surface area contributed by atoms with E-state index in [1.54, 1.807) is 0 Å². The SMILES string of the molecule is CCN(CC)CCC(C)NC(C)(C)C. The summed E-state index contributed by atoms with van der Waals surface area (Å²) in [5.41, 5.74) is 0.239. The van der Waals surface area contributed by atoms with Crippen LogP contribution in [0.3, 0.4) is 0 Å². The van der Waals surface area contributed by atoms with Gasteiger partial charge in [0.25, 0.3) is 0 Å². The van der Waals surface area contributed by atoms with E-state index >= 15 is 0 Å². The van der Waals surface area contributed by atoms with Gasteiger partial charge in [0.2, 0.25) is 0 Å². The molecule has 0 radical (unpaired) electrons. The highest BCUT2D eigenvalue weighted by molar-refractivity contribution is 4.75. The van der Waals surface area contributed by atoms with E-state index in [0.717, 1.165) is 0 Å². The largest absolute Gasteiger partial charge is 0.310 e. The zero-order valence-corrected chi connectivity index (χ0v) is 10.9. The summed E-state index contributed by atoms with van der Waals surface area (Å²) in [6.45, 7) is 16.9. The maximum absolute atomic E-state index is 3.60. The van der Waals surface area contributed by atoms with Gasteiger partial charge in [-0.1, -0.05) is 13.8 Å². The van der Waals surface area contributed by atoms with Crippen LogP contribution < -0.4 is 5.32 Å². The molecule has 0 amide bonds. The van der Waals surface area contributed by atoms with Gasteiger partial charge in [0.1, 0.15) is 0 Å². The lowest BCUT2D eigenvalue weighted by molar-refractivity contribution is 0.269. The van der Waals surface area contributed by atoms with Crippen molar-refractivity contribution in [3.05, 3.63) is 0 Å². The maximum atomic E-state index is 3.60. The van der Waals surface area contributed by atoms with Gasteiger partial charge < -0.3 is 10.2 Å². The molecule has 1 atom stereocenters. The predicted octanol–water partition coefficient (Wildman–Crippen LogP) is 2.49. The molecule has 0 aromatic heterocycles. The fourth-order valence-corrected chi connectivity index (χ4v) is 1.73. The Kier molecular flexibility index (Phi) is 6.38. The minimum absolute atomic E-state index is 0.239. The molecule has 0 saturated carbocycles. The lowest BCUT2D eigenvalue weighted by atomic mass is 10.1. The van der Waals surface area contributed by atoms with Crippen LogP contribution in [0.15, 0.2) is 0 Å². The monoisotopic (exact) mass is 200 g/mol. The topological polar surface area (TPSA) is 15.3 Å². The Morgan fingerprint density at radius 2 is 1.64 bits per heavy atom. The Bertz CT molecular complexity index is 134. The second-order valence-electron chi connectivity index (χ2n) is 5.11. The van der Waals surface area contributed by atoms with Gasteiger partial charge in [0.15, 0.2) is 0 Å². The molecule has 0 fully saturated rings. The van der Waals surface area contributed by atoms with Crippen molar-refractivity contribution in [3.8, 4) is 0 Å². The molecule has 0 aliphatic heterocycles. The van der Waals surface area contributed by atoms with E-state index in [-0.39, 0.29) is 5.54 Å². The van der Waals surface area contributed by atoms with Crippen LogP contribution in [0, 0.1) is 0 Å². The van der Waals surface area contributed by atoms with Crippen LogP contribution in [0.2, 0.25) is 0 Å². The summed E-state index contributed by atoms with van der Waals surface area (Å²) in [5, 5.41) is 3.60. The van der Waals surface area contributed by atoms with E-state index in [4.69, 9.17) is 0 Å². The van der Waals surface area contributed by atoms with Gasteiger partial charge in [-0.2, -0.15) is 0 Å². The van der Waals surface area contributed by atoms with Crippen molar-refractivity contribution in [3.63, 3.8) is 0 Å². The highest BCUT2D eigenvalue weighted by atomic mass is 15.1. The second-order valence-corrected chi connectivity index (χ2v) is 5.11. The molecule has 0 bridgehead atoms. The molecule has 1 N–H and O–H groups in total. The average molecular weight is 200 g/mol. The normalized spacial score (nSPS) is 14.8. The summed E-state index contributed by atoms with van der Waals surface area (Å²) in [6, 6.07) is 0.607. The summed E-state index contributed by atoms with van der Waals surface area (Å²) >= 11 is 0. The van der Waals surface area contributed by atoms with E-state index in [0.29, 0.717) is 6.04 Å². The van der Waals surface area contributed by atoms with Gasteiger partial charge in [-0.25, -0.2) is 0 Å². The summed E-state index contributed by atoms with van der Waals surface area (Å²) in [5.74, 6) is 0. The molecule has 2 heteroatoms. The molecule has 0 spiro atoms. The van der Waals surface area contributed by atoms with Crippen LogP contribution in [0.25, 0.3) is 0 Å². The molecular formula is C12H28N2. The quantitative estimate of drug-likeness (QED) is 0.708. The molecule has 0 rings (SSSR count). The Labute approximate surface area is 90.1 Å². The van der Waals surface area contributed by atoms with Crippen LogP contribution in [0.5, 0.6) is 0 Å². The fraction of sp³-hybridized carbons (Fsp3) is 1.00. The van der Waals surface area contributed by atoms with Crippen molar-refractivity contribution in [2.24, 2.45) is 0 Å². The first-order valence-corrected chi connectivity index (χ1v) is 5.89. The molecule has 0 saturated heterocycles. The highest BCUT2D eigenvalue weighted by Gasteiger charge is 2.13. The molecule has 86 valence electrons. The van der Waals surface area contributed by atoms with Gasteiger partial charge in [-0.3, -0.25) is 0 Å². The third-order valence-corrected chi connectivity index (χ3v) is 2.45. The van der Waals surface area contributed by atoms with Crippen molar-refractivity contribution in [1.29, 1.82) is 0 Å². The van der Waals surface area contributed by atoms with Crippen LogP contribution in [0.1, 0.15) is 48.0 Å². The van der Waals surface area contributed by atoms with Crippen molar-refractivity contribution in [1.82, 2.24) is 10.2 Å². The first-order valence-electron chi connectivity index (χ1n) is 5.89.